The summed E-state index contributed by atoms with van der Waals surface area (Å²) >= 11 is 0. The quantitative estimate of drug-likeness (QED) is 0.562. The second-order valence-electron chi connectivity index (χ2n) is 9.72. The van der Waals surface area contributed by atoms with Gasteiger partial charge in [-0.2, -0.15) is 0 Å². The fourth-order valence-electron chi connectivity index (χ4n) is 5.26. The van der Waals surface area contributed by atoms with Crippen molar-refractivity contribution < 1.29 is 10.2 Å². The Kier molecular flexibility index (Phi) is 8.37. The molecule has 0 radical (unpaired) electrons. The number of aliphatic hydroxyl groups is 2. The highest BCUT2D eigenvalue weighted by Gasteiger charge is 2.46. The van der Waals surface area contributed by atoms with Crippen molar-refractivity contribution in [2.24, 2.45) is 23.2 Å². The maximum absolute atomic E-state index is 10.9. The fourth-order valence-corrected chi connectivity index (χ4v) is 5.26. The van der Waals surface area contributed by atoms with Gasteiger partial charge in [-0.3, -0.25) is 0 Å². The molecule has 27 heavy (non-hydrogen) atoms. The Morgan fingerprint density at radius 3 is 2.78 bits per heavy atom. The van der Waals surface area contributed by atoms with E-state index in [1.807, 2.05) is 6.92 Å². The van der Waals surface area contributed by atoms with Crippen molar-refractivity contribution >= 4 is 0 Å². The van der Waals surface area contributed by atoms with Crippen LogP contribution in [0.15, 0.2) is 34.9 Å². The van der Waals surface area contributed by atoms with Crippen LogP contribution in [-0.4, -0.2) is 22.9 Å². The van der Waals surface area contributed by atoms with Gasteiger partial charge in [0.15, 0.2) is 0 Å². The van der Waals surface area contributed by atoms with E-state index in [1.165, 1.54) is 24.8 Å². The smallest absolute Gasteiger partial charge is 0.0750 e. The Bertz CT molecular complexity index is 571. The van der Waals surface area contributed by atoms with Crippen LogP contribution in [0.1, 0.15) is 86.0 Å². The van der Waals surface area contributed by atoms with E-state index >= 15 is 0 Å². The molecule has 1 saturated carbocycles. The standard InChI is InChI=1S/C25H42O2/c1-18-8-6-11-21(4)24(27)16-23-22(13-15-25(23,5)14-12-18)20(3)10-7-9-19(2)17-26/h9,11-12,20,22-24,26-27H,6-8,10,13-17H2,1-5H3. The molecule has 2 aliphatic carbocycles. The van der Waals surface area contributed by atoms with Crippen LogP contribution in [0, 0.1) is 23.2 Å². The predicted octanol–water partition coefficient (Wildman–Crippen LogP) is 6.20. The van der Waals surface area contributed by atoms with Crippen LogP contribution < -0.4 is 0 Å². The summed E-state index contributed by atoms with van der Waals surface area (Å²) in [7, 11) is 0. The van der Waals surface area contributed by atoms with Crippen LogP contribution in [0.4, 0.5) is 0 Å². The van der Waals surface area contributed by atoms with Gasteiger partial charge in [0.05, 0.1) is 12.7 Å². The zero-order valence-corrected chi connectivity index (χ0v) is 18.3. The number of aliphatic hydroxyl groups excluding tert-OH is 2. The summed E-state index contributed by atoms with van der Waals surface area (Å²) in [6.45, 7) is 11.4. The lowest BCUT2D eigenvalue weighted by molar-refractivity contribution is 0.0880. The lowest BCUT2D eigenvalue weighted by Crippen LogP contribution is -2.31. The Labute approximate surface area is 167 Å². The number of fused-ring (bicyclic) bond motifs is 1. The van der Waals surface area contributed by atoms with Gasteiger partial charge in [0.1, 0.15) is 0 Å². The molecule has 5 unspecified atom stereocenters. The molecule has 154 valence electrons. The van der Waals surface area contributed by atoms with E-state index in [1.54, 1.807) is 0 Å². The summed E-state index contributed by atoms with van der Waals surface area (Å²) in [6.07, 6.45) is 15.6. The molecule has 0 spiro atoms. The van der Waals surface area contributed by atoms with E-state index < -0.39 is 0 Å². The van der Waals surface area contributed by atoms with Crippen molar-refractivity contribution in [3.63, 3.8) is 0 Å². The monoisotopic (exact) mass is 374 g/mol. The lowest BCUT2D eigenvalue weighted by atomic mass is 9.68. The normalized spacial score (nSPS) is 34.3. The zero-order chi connectivity index (χ0) is 20.0. The van der Waals surface area contributed by atoms with Crippen molar-refractivity contribution in [3.8, 4) is 0 Å². The SMILES string of the molecule is CC(=CCCC(C)C1CCC2(C)CC=C(C)CCC=C(C)C(O)CC12)CO. The molecule has 0 aromatic heterocycles. The molecule has 0 aliphatic heterocycles. The molecule has 0 aromatic carbocycles. The minimum atomic E-state index is -0.294. The van der Waals surface area contributed by atoms with Crippen LogP contribution in [0.5, 0.6) is 0 Å². The highest BCUT2D eigenvalue weighted by Crippen LogP contribution is 2.54. The van der Waals surface area contributed by atoms with E-state index in [0.29, 0.717) is 23.2 Å². The van der Waals surface area contributed by atoms with E-state index in [4.69, 9.17) is 0 Å². The number of allylic oxidation sites excluding steroid dienone is 4. The summed E-state index contributed by atoms with van der Waals surface area (Å²) in [4.78, 5) is 0. The molecule has 0 heterocycles. The van der Waals surface area contributed by atoms with Gasteiger partial charge in [-0.05, 0) is 101 Å². The highest BCUT2D eigenvalue weighted by atomic mass is 16.3. The first-order valence-corrected chi connectivity index (χ1v) is 11.0. The van der Waals surface area contributed by atoms with Crippen molar-refractivity contribution in [2.45, 2.75) is 92.1 Å². The van der Waals surface area contributed by atoms with Crippen LogP contribution >= 0.6 is 0 Å². The van der Waals surface area contributed by atoms with Crippen molar-refractivity contribution in [1.82, 2.24) is 0 Å². The van der Waals surface area contributed by atoms with Gasteiger partial charge in [0.2, 0.25) is 0 Å². The van der Waals surface area contributed by atoms with E-state index in [9.17, 15) is 10.2 Å². The van der Waals surface area contributed by atoms with E-state index in [0.717, 1.165) is 43.3 Å². The van der Waals surface area contributed by atoms with E-state index in [-0.39, 0.29) is 12.7 Å². The Balaban J connectivity index is 2.17. The van der Waals surface area contributed by atoms with Gasteiger partial charge in [-0.15, -0.1) is 0 Å². The second kappa shape index (κ2) is 10.1. The third kappa shape index (κ3) is 6.06. The third-order valence-electron chi connectivity index (χ3n) is 7.48. The van der Waals surface area contributed by atoms with Gasteiger partial charge >= 0.3 is 0 Å². The topological polar surface area (TPSA) is 40.5 Å². The summed E-state index contributed by atoms with van der Waals surface area (Å²) in [5.41, 5.74) is 4.04. The highest BCUT2D eigenvalue weighted by molar-refractivity contribution is 5.12. The molecule has 0 saturated heterocycles. The first-order valence-electron chi connectivity index (χ1n) is 11.0. The molecule has 1 fully saturated rings. The van der Waals surface area contributed by atoms with Crippen LogP contribution in [0.3, 0.4) is 0 Å². The molecule has 0 aromatic rings. The van der Waals surface area contributed by atoms with Crippen molar-refractivity contribution in [2.75, 3.05) is 6.61 Å². The van der Waals surface area contributed by atoms with Crippen LogP contribution in [0.25, 0.3) is 0 Å². The molecule has 0 amide bonds. The molecule has 5 atom stereocenters. The van der Waals surface area contributed by atoms with Gasteiger partial charge in [-0.25, -0.2) is 0 Å². The van der Waals surface area contributed by atoms with Crippen molar-refractivity contribution in [1.29, 1.82) is 0 Å². The minimum Gasteiger partial charge on any atom is -0.392 e. The molecule has 0 bridgehead atoms. The summed E-state index contributed by atoms with van der Waals surface area (Å²) in [6, 6.07) is 0. The summed E-state index contributed by atoms with van der Waals surface area (Å²) in [5.74, 6) is 1.93. The summed E-state index contributed by atoms with van der Waals surface area (Å²) < 4.78 is 0. The molecule has 2 heteroatoms. The van der Waals surface area contributed by atoms with Gasteiger partial charge in [0, 0.05) is 0 Å². The molecule has 2 aliphatic rings. The average Bonchev–Trinajstić information content (AvgIpc) is 2.95. The minimum absolute atomic E-state index is 0.169. The maximum atomic E-state index is 10.9. The molecule has 2 N–H and O–H groups in total. The second-order valence-corrected chi connectivity index (χ2v) is 9.72. The maximum Gasteiger partial charge on any atom is 0.0750 e. The molecular formula is C25H42O2. The number of rotatable bonds is 5. The lowest BCUT2D eigenvalue weighted by Gasteiger charge is -2.37. The molecular weight excluding hydrogens is 332 g/mol. The Morgan fingerprint density at radius 2 is 2.07 bits per heavy atom. The zero-order valence-electron chi connectivity index (χ0n) is 18.3. The number of hydrogen-bond donors (Lipinski definition) is 2. The first kappa shape index (κ1) is 22.4. The van der Waals surface area contributed by atoms with E-state index in [2.05, 4.69) is 45.9 Å². The summed E-state index contributed by atoms with van der Waals surface area (Å²) in [5, 5.41) is 20.1. The Morgan fingerprint density at radius 1 is 1.33 bits per heavy atom. The largest absolute Gasteiger partial charge is 0.392 e. The average molecular weight is 375 g/mol. The van der Waals surface area contributed by atoms with Gasteiger partial charge in [0.25, 0.3) is 0 Å². The van der Waals surface area contributed by atoms with Crippen LogP contribution in [-0.2, 0) is 0 Å². The fraction of sp³-hybridized carbons (Fsp3) is 0.760. The van der Waals surface area contributed by atoms with Crippen LogP contribution in [0.2, 0.25) is 0 Å². The predicted molar refractivity (Wildman–Crippen MR) is 116 cm³/mol. The Hall–Kier alpha value is -0.860. The first-order chi connectivity index (χ1) is 12.8. The molecule has 2 nitrogen and oxygen atoms in total. The van der Waals surface area contributed by atoms with Gasteiger partial charge in [-0.1, -0.05) is 43.2 Å². The molecule has 2 rings (SSSR count). The van der Waals surface area contributed by atoms with Gasteiger partial charge < -0.3 is 10.2 Å². The third-order valence-corrected chi connectivity index (χ3v) is 7.48. The van der Waals surface area contributed by atoms with Crippen molar-refractivity contribution in [3.05, 3.63) is 34.9 Å². The number of hydrogen-bond acceptors (Lipinski definition) is 2.